The van der Waals surface area contributed by atoms with Gasteiger partial charge in [-0.15, -0.1) is 0 Å². The van der Waals surface area contributed by atoms with E-state index in [4.69, 9.17) is 9.52 Å². The second-order valence-electron chi connectivity index (χ2n) is 4.88. The zero-order valence-corrected chi connectivity index (χ0v) is 11.6. The summed E-state index contributed by atoms with van der Waals surface area (Å²) in [7, 11) is 1.41. The number of halogens is 4. The van der Waals surface area contributed by atoms with E-state index in [1.165, 1.54) is 42.4 Å². The van der Waals surface area contributed by atoms with Crippen LogP contribution < -0.4 is 0 Å². The van der Waals surface area contributed by atoms with Gasteiger partial charge in [0.2, 0.25) is 5.89 Å². The van der Waals surface area contributed by atoms with Crippen molar-refractivity contribution in [3.63, 3.8) is 0 Å². The summed E-state index contributed by atoms with van der Waals surface area (Å²) in [4.78, 5) is 5.21. The van der Waals surface area contributed by atoms with E-state index in [-0.39, 0.29) is 18.3 Å². The van der Waals surface area contributed by atoms with E-state index >= 15 is 0 Å². The number of hydrogen-bond donors (Lipinski definition) is 1. The Morgan fingerprint density at radius 1 is 1.27 bits per heavy atom. The third-order valence-electron chi connectivity index (χ3n) is 2.95. The molecule has 0 aliphatic carbocycles. The van der Waals surface area contributed by atoms with Crippen LogP contribution in [0.1, 0.15) is 5.89 Å². The van der Waals surface area contributed by atoms with Gasteiger partial charge < -0.3 is 9.52 Å². The number of aliphatic hydroxyl groups is 1. The van der Waals surface area contributed by atoms with Crippen molar-refractivity contribution in [2.75, 3.05) is 13.6 Å². The van der Waals surface area contributed by atoms with E-state index in [2.05, 4.69) is 4.98 Å². The van der Waals surface area contributed by atoms with Crippen molar-refractivity contribution in [2.24, 2.45) is 0 Å². The highest BCUT2D eigenvalue weighted by Crippen LogP contribution is 2.23. The average molecular weight is 318 g/mol. The van der Waals surface area contributed by atoms with Crippen molar-refractivity contribution >= 4 is 0 Å². The zero-order valence-electron chi connectivity index (χ0n) is 11.6. The van der Waals surface area contributed by atoms with Crippen molar-refractivity contribution in [1.29, 1.82) is 0 Å². The first-order chi connectivity index (χ1) is 10.3. The van der Waals surface area contributed by atoms with Gasteiger partial charge in [-0.05, 0) is 31.3 Å². The van der Waals surface area contributed by atoms with Crippen LogP contribution in [0, 0.1) is 5.82 Å². The fraction of sp³-hybridized carbons (Fsp3) is 0.357. The molecule has 2 aromatic rings. The maximum Gasteiger partial charge on any atom is 0.415 e. The minimum atomic E-state index is -4.66. The number of rotatable bonds is 5. The molecule has 120 valence electrons. The number of benzene rings is 1. The summed E-state index contributed by atoms with van der Waals surface area (Å²) in [5.41, 5.74) is 0.609. The van der Waals surface area contributed by atoms with Gasteiger partial charge in [0, 0.05) is 12.1 Å². The molecule has 0 spiro atoms. The third-order valence-corrected chi connectivity index (χ3v) is 2.95. The Bertz CT molecular complexity index is 610. The highest BCUT2D eigenvalue weighted by molar-refractivity contribution is 5.55. The predicted molar refractivity (Wildman–Crippen MR) is 70.3 cm³/mol. The predicted octanol–water partition coefficient (Wildman–Crippen LogP) is 2.84. The molecule has 0 fully saturated rings. The highest BCUT2D eigenvalue weighted by Gasteiger charge is 2.38. The van der Waals surface area contributed by atoms with Crippen molar-refractivity contribution in [3.8, 4) is 11.3 Å². The van der Waals surface area contributed by atoms with Crippen LogP contribution in [-0.2, 0) is 6.54 Å². The summed E-state index contributed by atoms with van der Waals surface area (Å²) >= 11 is 0. The Morgan fingerprint density at radius 3 is 2.50 bits per heavy atom. The summed E-state index contributed by atoms with van der Waals surface area (Å²) in [6.45, 7) is -0.577. The van der Waals surface area contributed by atoms with Crippen LogP contribution in [-0.4, -0.2) is 40.9 Å². The normalized spacial score (nSPS) is 13.6. The molecule has 1 N–H and O–H groups in total. The van der Waals surface area contributed by atoms with E-state index < -0.39 is 18.8 Å². The molecule has 4 nitrogen and oxygen atoms in total. The molecule has 1 atom stereocenters. The number of aromatic nitrogens is 1. The lowest BCUT2D eigenvalue weighted by Gasteiger charge is -2.20. The van der Waals surface area contributed by atoms with E-state index in [0.29, 0.717) is 11.3 Å². The van der Waals surface area contributed by atoms with E-state index in [1.807, 2.05) is 0 Å². The molecule has 1 aromatic heterocycles. The molecule has 1 heterocycles. The molecule has 22 heavy (non-hydrogen) atoms. The van der Waals surface area contributed by atoms with E-state index in [1.54, 1.807) is 0 Å². The molecule has 0 amide bonds. The largest absolute Gasteiger partial charge is 0.439 e. The fourth-order valence-corrected chi connectivity index (χ4v) is 1.83. The molecule has 0 aliphatic heterocycles. The minimum Gasteiger partial charge on any atom is -0.439 e. The number of likely N-dealkylation sites (N-methyl/N-ethyl adjacent to an activating group) is 1. The third kappa shape index (κ3) is 4.28. The van der Waals surface area contributed by atoms with Crippen LogP contribution >= 0.6 is 0 Å². The van der Waals surface area contributed by atoms with Crippen LogP contribution in [0.25, 0.3) is 11.3 Å². The summed E-state index contributed by atoms with van der Waals surface area (Å²) in [5, 5.41) is 8.99. The molecule has 1 unspecified atom stereocenters. The second-order valence-corrected chi connectivity index (χ2v) is 4.88. The molecular formula is C14H14F4N2O2. The van der Waals surface area contributed by atoms with E-state index in [0.717, 1.165) is 0 Å². The smallest absolute Gasteiger partial charge is 0.415 e. The van der Waals surface area contributed by atoms with Gasteiger partial charge in [0.1, 0.15) is 5.82 Å². The van der Waals surface area contributed by atoms with Crippen molar-refractivity contribution in [1.82, 2.24) is 9.88 Å². The Balaban J connectivity index is 1.98. The Kier molecular flexibility index (Phi) is 4.82. The molecule has 8 heteroatoms. The summed E-state index contributed by atoms with van der Waals surface area (Å²) in [6, 6.07) is 5.56. The number of alkyl halides is 3. The van der Waals surface area contributed by atoms with Crippen molar-refractivity contribution < 1.29 is 27.1 Å². The second kappa shape index (κ2) is 6.45. The van der Waals surface area contributed by atoms with Gasteiger partial charge in [0.05, 0.1) is 12.7 Å². The van der Waals surface area contributed by atoms with Crippen LogP contribution in [0.2, 0.25) is 0 Å². The SMILES string of the molecule is CN(Cc1ncc(-c2ccc(F)cc2)o1)CC(O)C(F)(F)F. The number of aliphatic hydroxyl groups excluding tert-OH is 1. The Morgan fingerprint density at radius 2 is 1.91 bits per heavy atom. The molecule has 0 aliphatic rings. The molecule has 0 bridgehead atoms. The Labute approximate surface area is 124 Å². The summed E-state index contributed by atoms with van der Waals surface area (Å²) in [5.74, 6) is 0.209. The van der Waals surface area contributed by atoms with Gasteiger partial charge in [-0.1, -0.05) is 0 Å². The molecular weight excluding hydrogens is 304 g/mol. The quantitative estimate of drug-likeness (QED) is 0.861. The first-order valence-electron chi connectivity index (χ1n) is 6.39. The van der Waals surface area contributed by atoms with Crippen LogP contribution in [0.5, 0.6) is 0 Å². The van der Waals surface area contributed by atoms with Gasteiger partial charge in [-0.25, -0.2) is 9.37 Å². The molecule has 0 saturated heterocycles. The maximum absolute atomic E-state index is 12.8. The van der Waals surface area contributed by atoms with Gasteiger partial charge in [-0.2, -0.15) is 13.2 Å². The lowest BCUT2D eigenvalue weighted by atomic mass is 10.2. The molecule has 1 aromatic carbocycles. The Hall–Kier alpha value is -1.93. The number of oxazole rings is 1. The average Bonchev–Trinajstić information content (AvgIpc) is 2.86. The topological polar surface area (TPSA) is 49.5 Å². The summed E-state index contributed by atoms with van der Waals surface area (Å²) < 4.78 is 55.0. The lowest BCUT2D eigenvalue weighted by molar-refractivity contribution is -0.207. The lowest BCUT2D eigenvalue weighted by Crippen LogP contribution is -2.39. The highest BCUT2D eigenvalue weighted by atomic mass is 19.4. The van der Waals surface area contributed by atoms with Gasteiger partial charge in [-0.3, -0.25) is 4.90 Å². The zero-order chi connectivity index (χ0) is 16.3. The van der Waals surface area contributed by atoms with Gasteiger partial charge >= 0.3 is 6.18 Å². The number of nitrogens with zero attached hydrogens (tertiary/aromatic N) is 2. The number of hydrogen-bond acceptors (Lipinski definition) is 4. The fourth-order valence-electron chi connectivity index (χ4n) is 1.83. The van der Waals surface area contributed by atoms with Gasteiger partial charge in [0.15, 0.2) is 11.9 Å². The standard InChI is InChI=1S/C14H14F4N2O2/c1-20(7-12(21)14(16,17)18)8-13-19-6-11(22-13)9-2-4-10(15)5-3-9/h2-6,12,21H,7-8H2,1H3. The van der Waals surface area contributed by atoms with Crippen molar-refractivity contribution in [3.05, 3.63) is 42.2 Å². The molecule has 0 radical (unpaired) electrons. The molecule has 0 saturated carbocycles. The monoisotopic (exact) mass is 318 g/mol. The molecule has 2 rings (SSSR count). The van der Waals surface area contributed by atoms with Gasteiger partial charge in [0.25, 0.3) is 0 Å². The van der Waals surface area contributed by atoms with Crippen molar-refractivity contribution in [2.45, 2.75) is 18.8 Å². The maximum atomic E-state index is 12.8. The first-order valence-corrected chi connectivity index (χ1v) is 6.39. The van der Waals surface area contributed by atoms with Crippen LogP contribution in [0.15, 0.2) is 34.9 Å². The first kappa shape index (κ1) is 16.4. The summed E-state index contributed by atoms with van der Waals surface area (Å²) in [6.07, 6.45) is -5.68. The van der Waals surface area contributed by atoms with Crippen LogP contribution in [0.4, 0.5) is 17.6 Å². The minimum absolute atomic E-state index is 0.00827. The van der Waals surface area contributed by atoms with Crippen LogP contribution in [0.3, 0.4) is 0 Å². The van der Waals surface area contributed by atoms with E-state index in [9.17, 15) is 17.6 Å².